The van der Waals surface area contributed by atoms with Crippen LogP contribution in [0.1, 0.15) is 207 Å². The van der Waals surface area contributed by atoms with Gasteiger partial charge in [0.25, 0.3) is 0 Å². The standard InChI is InChI=1S/C75H90N4O3/c1-20-21-25-65(80)82-35-34-81-56-24-22-23-46(42-56)66-57-26-28-59(76-57)67(47-36-50(70(2,3)4)43-51(37-47)71(5,6)7)61-30-32-63(78-61)69(49-40-54(74(14,15)16)45-55(41-49)75(17,18)19)64-33-31-62(79-64)68(60-29-27-58(66)77-60)48-38-52(72(8,9)10)44-53(39-48)73(11,12)13/h22-24,26-33,36-45,76,79H,20-21,25,34-35H2,1-19H3. The van der Waals surface area contributed by atoms with E-state index in [1.54, 1.807) is 0 Å². The highest BCUT2D eigenvalue weighted by molar-refractivity contribution is 6.00. The van der Waals surface area contributed by atoms with Gasteiger partial charge in [-0.25, -0.2) is 9.97 Å². The number of rotatable bonds is 11. The fourth-order valence-corrected chi connectivity index (χ4v) is 10.8. The average molecular weight is 1100 g/mol. The van der Waals surface area contributed by atoms with Crippen molar-refractivity contribution in [2.45, 2.75) is 183 Å². The molecule has 428 valence electrons. The molecule has 7 nitrogen and oxygen atoms in total. The number of fused-ring (bicyclic) bond motifs is 8. The number of aromatic nitrogens is 4. The van der Waals surface area contributed by atoms with Gasteiger partial charge in [-0.2, -0.15) is 0 Å². The predicted molar refractivity (Wildman–Crippen MR) is 349 cm³/mol. The van der Waals surface area contributed by atoms with Crippen molar-refractivity contribution in [1.82, 2.24) is 19.9 Å². The van der Waals surface area contributed by atoms with Crippen LogP contribution in [0, 0.1) is 0 Å². The summed E-state index contributed by atoms with van der Waals surface area (Å²) in [7, 11) is 0. The SMILES string of the molecule is CCCCC(=O)OCCOc1cccc(-c2c3nc(c(-c4cc(C(C)(C)C)cc(C(C)(C)C)c4)c4ccc([nH]4)c(-c4cc(C(C)(C)C)cc(C(C)(C)C)c4)c4nc(c(-c5cc(C(C)(C)C)cc(C(C)(C)C)c5)c5ccc2[nH]5)C=C4)C=C3)c1. The second kappa shape index (κ2) is 22.1. The van der Waals surface area contributed by atoms with Crippen LogP contribution in [-0.2, 0) is 42.0 Å². The highest BCUT2D eigenvalue weighted by Gasteiger charge is 2.28. The van der Waals surface area contributed by atoms with E-state index in [0.29, 0.717) is 12.2 Å². The van der Waals surface area contributed by atoms with E-state index in [1.165, 1.54) is 33.4 Å². The van der Waals surface area contributed by atoms with Gasteiger partial charge in [-0.05, 0) is 155 Å². The van der Waals surface area contributed by atoms with E-state index in [4.69, 9.17) is 19.4 Å². The molecule has 5 heterocycles. The molecule has 0 spiro atoms. The quantitative estimate of drug-likeness (QED) is 0.0994. The number of carbonyl (C=O) groups is 1. The smallest absolute Gasteiger partial charge is 0.305 e. The van der Waals surface area contributed by atoms with Crippen molar-refractivity contribution in [2.75, 3.05) is 13.2 Å². The van der Waals surface area contributed by atoms with Gasteiger partial charge in [0, 0.05) is 50.7 Å². The number of carbonyl (C=O) groups excluding carboxylic acids is 1. The monoisotopic (exact) mass is 1090 g/mol. The molecule has 9 rings (SSSR count). The molecular weight excluding hydrogens is 1000 g/mol. The Bertz CT molecular complexity index is 3640. The molecule has 82 heavy (non-hydrogen) atoms. The summed E-state index contributed by atoms with van der Waals surface area (Å²) in [5, 5.41) is 0. The summed E-state index contributed by atoms with van der Waals surface area (Å²) in [6.07, 6.45) is 10.9. The summed E-state index contributed by atoms with van der Waals surface area (Å²) >= 11 is 0. The van der Waals surface area contributed by atoms with Crippen molar-refractivity contribution in [3.8, 4) is 50.3 Å². The highest BCUT2D eigenvalue weighted by Crippen LogP contribution is 2.44. The Kier molecular flexibility index (Phi) is 16.0. The number of nitrogens with zero attached hydrogens (tertiary/aromatic N) is 2. The van der Waals surface area contributed by atoms with Crippen molar-refractivity contribution in [1.29, 1.82) is 0 Å². The third-order valence-electron chi connectivity index (χ3n) is 16.1. The minimum absolute atomic E-state index is 0.116. The first-order valence-electron chi connectivity index (χ1n) is 29.8. The number of hydrogen-bond donors (Lipinski definition) is 2. The molecule has 2 aliphatic heterocycles. The first kappa shape index (κ1) is 59.4. The fraction of sp³-hybridized carbons (Fsp3) is 0.400. The van der Waals surface area contributed by atoms with Crippen LogP contribution in [0.2, 0.25) is 0 Å². The topological polar surface area (TPSA) is 92.9 Å². The van der Waals surface area contributed by atoms with Gasteiger partial charge in [-0.15, -0.1) is 0 Å². The number of nitrogens with one attached hydrogen (secondary N) is 2. The zero-order valence-corrected chi connectivity index (χ0v) is 52.8. The minimum atomic E-state index is -0.198. The zero-order valence-electron chi connectivity index (χ0n) is 52.8. The normalized spacial score (nSPS) is 13.3. The van der Waals surface area contributed by atoms with E-state index < -0.39 is 0 Å². The lowest BCUT2D eigenvalue weighted by atomic mass is 9.78. The maximum absolute atomic E-state index is 12.4. The van der Waals surface area contributed by atoms with Crippen molar-refractivity contribution >= 4 is 52.3 Å². The van der Waals surface area contributed by atoms with Gasteiger partial charge >= 0.3 is 5.97 Å². The number of unbranched alkanes of at least 4 members (excludes halogenated alkanes) is 1. The predicted octanol–water partition coefficient (Wildman–Crippen LogP) is 20.2. The molecule has 7 aromatic rings. The molecule has 0 amide bonds. The van der Waals surface area contributed by atoms with E-state index in [-0.39, 0.29) is 51.7 Å². The van der Waals surface area contributed by atoms with Crippen molar-refractivity contribution in [3.63, 3.8) is 0 Å². The van der Waals surface area contributed by atoms with E-state index in [0.717, 1.165) is 102 Å². The maximum atomic E-state index is 12.4. The lowest BCUT2D eigenvalue weighted by Crippen LogP contribution is -2.16. The number of esters is 1. The Morgan fingerprint density at radius 1 is 0.402 bits per heavy atom. The second-order valence-electron chi connectivity index (χ2n) is 29.1. The lowest BCUT2D eigenvalue weighted by molar-refractivity contribution is -0.144. The number of aromatic amines is 2. The van der Waals surface area contributed by atoms with Crippen LogP contribution >= 0.6 is 0 Å². The Labute approximate surface area is 490 Å². The van der Waals surface area contributed by atoms with E-state index in [9.17, 15) is 4.79 Å². The van der Waals surface area contributed by atoms with Crippen LogP contribution in [0.3, 0.4) is 0 Å². The van der Waals surface area contributed by atoms with Crippen LogP contribution in [-0.4, -0.2) is 39.1 Å². The third kappa shape index (κ3) is 13.0. The van der Waals surface area contributed by atoms with Crippen LogP contribution < -0.4 is 4.74 Å². The van der Waals surface area contributed by atoms with Crippen LogP contribution in [0.4, 0.5) is 0 Å². The summed E-state index contributed by atoms with van der Waals surface area (Å²) in [5.41, 5.74) is 22.2. The Balaban J connectivity index is 1.45. The van der Waals surface area contributed by atoms with Gasteiger partial charge in [-0.1, -0.05) is 205 Å². The Morgan fingerprint density at radius 3 is 1.02 bits per heavy atom. The number of hydrogen-bond acceptors (Lipinski definition) is 5. The molecule has 7 heteroatoms. The average Bonchev–Trinajstić information content (AvgIpc) is 2.88. The zero-order chi connectivity index (χ0) is 59.5. The van der Waals surface area contributed by atoms with Crippen molar-refractivity contribution < 1.29 is 14.3 Å². The summed E-state index contributed by atoms with van der Waals surface area (Å²) < 4.78 is 11.9. The molecule has 2 aliphatic rings. The summed E-state index contributed by atoms with van der Waals surface area (Å²) in [5.74, 6) is 0.473. The third-order valence-corrected chi connectivity index (χ3v) is 16.1. The van der Waals surface area contributed by atoms with Crippen molar-refractivity contribution in [3.05, 3.63) is 159 Å². The van der Waals surface area contributed by atoms with Gasteiger partial charge in [0.1, 0.15) is 19.0 Å². The second-order valence-corrected chi connectivity index (χ2v) is 29.1. The van der Waals surface area contributed by atoms with Crippen molar-refractivity contribution in [2.24, 2.45) is 0 Å². The summed E-state index contributed by atoms with van der Waals surface area (Å²) in [6, 6.07) is 38.5. The van der Waals surface area contributed by atoms with Gasteiger partial charge in [-0.3, -0.25) is 4.79 Å². The van der Waals surface area contributed by atoms with Crippen LogP contribution in [0.25, 0.3) is 90.9 Å². The fourth-order valence-electron chi connectivity index (χ4n) is 10.8. The number of ether oxygens (including phenoxy) is 2. The van der Waals surface area contributed by atoms with Crippen LogP contribution in [0.5, 0.6) is 5.75 Å². The van der Waals surface area contributed by atoms with E-state index >= 15 is 0 Å². The molecule has 0 unspecified atom stereocenters. The first-order valence-corrected chi connectivity index (χ1v) is 29.8. The number of benzene rings is 4. The minimum Gasteiger partial charge on any atom is -0.490 e. The maximum Gasteiger partial charge on any atom is 0.305 e. The van der Waals surface area contributed by atoms with Gasteiger partial charge in [0.2, 0.25) is 0 Å². The van der Waals surface area contributed by atoms with E-state index in [2.05, 4.69) is 257 Å². The lowest BCUT2D eigenvalue weighted by Gasteiger charge is -2.26. The molecule has 0 radical (unpaired) electrons. The molecule has 8 bridgehead atoms. The highest BCUT2D eigenvalue weighted by atomic mass is 16.6. The molecule has 2 N–H and O–H groups in total. The van der Waals surface area contributed by atoms with Gasteiger partial charge in [0.15, 0.2) is 0 Å². The Hall–Kier alpha value is -7.25. The Morgan fingerprint density at radius 2 is 0.720 bits per heavy atom. The first-order chi connectivity index (χ1) is 38.3. The van der Waals surface area contributed by atoms with Crippen LogP contribution in [0.15, 0.2) is 103 Å². The molecule has 0 saturated carbocycles. The largest absolute Gasteiger partial charge is 0.490 e. The van der Waals surface area contributed by atoms with E-state index in [1.807, 2.05) is 12.1 Å². The van der Waals surface area contributed by atoms with Gasteiger partial charge in [0.05, 0.1) is 22.8 Å². The summed E-state index contributed by atoms with van der Waals surface area (Å²) in [4.78, 5) is 32.1. The molecule has 0 atom stereocenters. The molecular formula is C75H90N4O3. The van der Waals surface area contributed by atoms with Gasteiger partial charge < -0.3 is 19.4 Å². The summed E-state index contributed by atoms with van der Waals surface area (Å²) in [6.45, 7) is 43.9. The number of H-pyrrole nitrogens is 2. The molecule has 3 aromatic heterocycles. The molecule has 0 aliphatic carbocycles. The molecule has 4 aromatic carbocycles. The molecule has 0 fully saturated rings. The molecule has 0 saturated heterocycles.